The van der Waals surface area contributed by atoms with Crippen molar-refractivity contribution in [1.82, 2.24) is 9.80 Å². The van der Waals surface area contributed by atoms with Gasteiger partial charge in [-0.15, -0.1) is 0 Å². The van der Waals surface area contributed by atoms with Gasteiger partial charge in [0.15, 0.2) is 11.5 Å². The van der Waals surface area contributed by atoms with Crippen LogP contribution in [-0.4, -0.2) is 65.6 Å². The van der Waals surface area contributed by atoms with Crippen molar-refractivity contribution in [3.63, 3.8) is 0 Å². The van der Waals surface area contributed by atoms with Crippen molar-refractivity contribution in [2.75, 3.05) is 32.8 Å². The van der Waals surface area contributed by atoms with E-state index in [1.54, 1.807) is 18.2 Å². The minimum absolute atomic E-state index is 0. The van der Waals surface area contributed by atoms with Crippen LogP contribution in [0.3, 0.4) is 0 Å². The molecule has 3 aliphatic rings. The average Bonchev–Trinajstić information content (AvgIpc) is 3.29. The van der Waals surface area contributed by atoms with Gasteiger partial charge in [-0.05, 0) is 43.6 Å². The molecule has 2 fully saturated rings. The van der Waals surface area contributed by atoms with Gasteiger partial charge in [-0.1, -0.05) is 13.5 Å². The molecular weight excluding hydrogens is 348 g/mol. The molecule has 0 aromatic heterocycles. The number of imide groups is 1. The Morgan fingerprint density at radius 3 is 2.30 bits per heavy atom. The first-order valence-electron chi connectivity index (χ1n) is 9.28. The number of aliphatic hydroxyl groups is 1. The van der Waals surface area contributed by atoms with Gasteiger partial charge in [0.1, 0.15) is 19.3 Å². The maximum Gasteiger partial charge on any atom is 0.230 e. The summed E-state index contributed by atoms with van der Waals surface area (Å²) >= 11 is 0. The van der Waals surface area contributed by atoms with Crippen molar-refractivity contribution < 1.29 is 24.2 Å². The van der Waals surface area contributed by atoms with Gasteiger partial charge in [-0.3, -0.25) is 14.5 Å². The second-order valence-electron chi connectivity index (χ2n) is 7.08. The van der Waals surface area contributed by atoms with Gasteiger partial charge in [0.2, 0.25) is 11.8 Å². The minimum atomic E-state index is -0.961. The summed E-state index contributed by atoms with van der Waals surface area (Å²) < 4.78 is 11.1. The second-order valence-corrected chi connectivity index (χ2v) is 7.08. The number of carbonyl (C=O) groups is 2. The first-order valence-corrected chi connectivity index (χ1v) is 9.28. The molecule has 7 heteroatoms. The minimum Gasteiger partial charge on any atom is -0.486 e. The molecule has 27 heavy (non-hydrogen) atoms. The predicted octanol–water partition coefficient (Wildman–Crippen LogP) is 1.74. The van der Waals surface area contributed by atoms with Gasteiger partial charge in [0.25, 0.3) is 0 Å². The van der Waals surface area contributed by atoms with Gasteiger partial charge in [0.05, 0.1) is 6.04 Å². The molecule has 148 valence electrons. The molecule has 2 amide bonds. The lowest BCUT2D eigenvalue weighted by Crippen LogP contribution is -2.49. The predicted molar refractivity (Wildman–Crippen MR) is 99.7 cm³/mol. The Morgan fingerprint density at radius 2 is 1.63 bits per heavy atom. The van der Waals surface area contributed by atoms with E-state index < -0.39 is 12.1 Å². The van der Waals surface area contributed by atoms with Crippen molar-refractivity contribution >= 4 is 11.8 Å². The third-order valence-electron chi connectivity index (χ3n) is 5.34. The first-order chi connectivity index (χ1) is 12.6. The number of hydrogen-bond acceptors (Lipinski definition) is 6. The van der Waals surface area contributed by atoms with E-state index >= 15 is 0 Å². The van der Waals surface area contributed by atoms with E-state index in [0.717, 1.165) is 25.9 Å². The highest BCUT2D eigenvalue weighted by molar-refractivity contribution is 6.02. The van der Waals surface area contributed by atoms with Crippen LogP contribution in [0.25, 0.3) is 0 Å². The fourth-order valence-corrected chi connectivity index (χ4v) is 3.98. The number of hydrogen-bond donors (Lipinski definition) is 1. The molecule has 7 nitrogen and oxygen atoms in total. The van der Waals surface area contributed by atoms with E-state index in [-0.39, 0.29) is 32.1 Å². The van der Waals surface area contributed by atoms with Crippen molar-refractivity contribution in [3.05, 3.63) is 23.8 Å². The number of aliphatic hydroxyl groups excluding tert-OH is 1. The lowest BCUT2D eigenvalue weighted by Gasteiger charge is -2.34. The van der Waals surface area contributed by atoms with E-state index in [0.29, 0.717) is 36.8 Å². The molecule has 2 saturated heterocycles. The molecule has 1 aromatic carbocycles. The number of benzene rings is 1. The number of carbonyl (C=O) groups excluding carboxylic acids is 2. The van der Waals surface area contributed by atoms with Crippen LogP contribution in [-0.2, 0) is 9.59 Å². The maximum atomic E-state index is 12.3. The van der Waals surface area contributed by atoms with Gasteiger partial charge in [-0.2, -0.15) is 0 Å². The van der Waals surface area contributed by atoms with Crippen LogP contribution >= 0.6 is 0 Å². The largest absolute Gasteiger partial charge is 0.486 e. The third kappa shape index (κ3) is 3.94. The molecule has 0 bridgehead atoms. The van der Waals surface area contributed by atoms with Crippen molar-refractivity contribution in [2.45, 2.75) is 45.3 Å². The van der Waals surface area contributed by atoms with E-state index in [2.05, 4.69) is 4.90 Å². The Labute approximate surface area is 159 Å². The highest BCUT2D eigenvalue weighted by atomic mass is 16.6. The summed E-state index contributed by atoms with van der Waals surface area (Å²) in [7, 11) is 0. The van der Waals surface area contributed by atoms with Crippen LogP contribution in [0.2, 0.25) is 0 Å². The Balaban J connectivity index is 0.00000210. The topological polar surface area (TPSA) is 79.3 Å². The van der Waals surface area contributed by atoms with Crippen LogP contribution in [0.5, 0.6) is 11.5 Å². The zero-order chi connectivity index (χ0) is 18.1. The normalized spacial score (nSPS) is 21.9. The monoisotopic (exact) mass is 376 g/mol. The molecule has 4 rings (SSSR count). The summed E-state index contributed by atoms with van der Waals surface area (Å²) in [5, 5.41) is 11.1. The van der Waals surface area contributed by atoms with Crippen LogP contribution in [0, 0.1) is 0 Å². The molecule has 3 heterocycles. The highest BCUT2D eigenvalue weighted by Gasteiger charge is 2.40. The Bertz CT molecular complexity index is 686. The Morgan fingerprint density at radius 1 is 1.00 bits per heavy atom. The number of rotatable bonds is 5. The zero-order valence-electron chi connectivity index (χ0n) is 14.7. The van der Waals surface area contributed by atoms with E-state index in [9.17, 15) is 14.7 Å². The SMILES string of the molecule is C.O=C1CCC(=O)N1[C@H](CN1CCCC1)[C@H](O)c1ccc2c(c1)OCCO2. The standard InChI is InChI=1S/C19H24N2O5.CH4/c22-17-5-6-18(23)21(17)14(12-20-7-1-2-8-20)19(24)13-3-4-15-16(11-13)26-10-9-25-15;/h3-4,11,14,19,24H,1-2,5-10,12H2;1H4/t14-,19-;/m1./s1. The van der Waals surface area contributed by atoms with Crippen molar-refractivity contribution in [2.24, 2.45) is 0 Å². The van der Waals surface area contributed by atoms with Crippen LogP contribution in [0.4, 0.5) is 0 Å². The van der Waals surface area contributed by atoms with Crippen molar-refractivity contribution in [3.8, 4) is 11.5 Å². The quantitative estimate of drug-likeness (QED) is 0.789. The Kier molecular flexibility index (Phi) is 6.01. The molecule has 3 aliphatic heterocycles. The lowest BCUT2D eigenvalue weighted by molar-refractivity contribution is -0.144. The fourth-order valence-electron chi connectivity index (χ4n) is 3.98. The number of ether oxygens (including phenoxy) is 2. The molecule has 1 aromatic rings. The fraction of sp³-hybridized carbons (Fsp3) is 0.600. The van der Waals surface area contributed by atoms with E-state index in [1.807, 2.05) is 0 Å². The van der Waals surface area contributed by atoms with E-state index in [1.165, 1.54) is 4.90 Å². The zero-order valence-corrected chi connectivity index (χ0v) is 14.7. The number of fused-ring (bicyclic) bond motifs is 1. The summed E-state index contributed by atoms with van der Waals surface area (Å²) in [6.07, 6.45) is 1.70. The van der Waals surface area contributed by atoms with Crippen LogP contribution < -0.4 is 9.47 Å². The molecule has 0 aliphatic carbocycles. The number of nitrogens with zero attached hydrogens (tertiary/aromatic N) is 2. The van der Waals surface area contributed by atoms with Crippen LogP contribution in [0.1, 0.15) is 44.8 Å². The second kappa shape index (κ2) is 8.27. The smallest absolute Gasteiger partial charge is 0.230 e. The summed E-state index contributed by atoms with van der Waals surface area (Å²) in [6.45, 7) is 3.32. The molecular formula is C20H28N2O5. The number of likely N-dealkylation sites (tertiary alicyclic amines) is 2. The first kappa shape index (κ1) is 19.6. The van der Waals surface area contributed by atoms with E-state index in [4.69, 9.17) is 9.47 Å². The molecule has 1 N–H and O–H groups in total. The summed E-state index contributed by atoms with van der Waals surface area (Å²) in [5.74, 6) is 0.843. The van der Waals surface area contributed by atoms with Gasteiger partial charge in [0, 0.05) is 19.4 Å². The van der Waals surface area contributed by atoms with Gasteiger partial charge < -0.3 is 19.5 Å². The molecule has 2 atom stereocenters. The summed E-state index contributed by atoms with van der Waals surface area (Å²) in [5.41, 5.74) is 0.631. The average molecular weight is 376 g/mol. The summed E-state index contributed by atoms with van der Waals surface area (Å²) in [4.78, 5) is 28.1. The third-order valence-corrected chi connectivity index (χ3v) is 5.34. The highest BCUT2D eigenvalue weighted by Crippen LogP contribution is 2.35. The summed E-state index contributed by atoms with van der Waals surface area (Å²) in [6, 6.07) is 4.72. The molecule has 0 unspecified atom stereocenters. The molecule has 0 saturated carbocycles. The number of amides is 2. The molecule has 0 radical (unpaired) electrons. The van der Waals surface area contributed by atoms with Gasteiger partial charge >= 0.3 is 0 Å². The lowest BCUT2D eigenvalue weighted by atomic mass is 9.99. The maximum absolute atomic E-state index is 12.3. The van der Waals surface area contributed by atoms with Gasteiger partial charge in [-0.25, -0.2) is 0 Å². The Hall–Kier alpha value is -2.12. The van der Waals surface area contributed by atoms with Crippen molar-refractivity contribution in [1.29, 1.82) is 0 Å². The van der Waals surface area contributed by atoms with Crippen LogP contribution in [0.15, 0.2) is 18.2 Å². The molecule has 0 spiro atoms.